The quantitative estimate of drug-likeness (QED) is 0.809. The van der Waals surface area contributed by atoms with E-state index in [0.717, 1.165) is 31.6 Å². The van der Waals surface area contributed by atoms with Crippen molar-refractivity contribution < 1.29 is 13.5 Å². The SMILES string of the molecule is CC(C)C1CCC2(CC1)NCCC(C(F)F)O2. The normalized spacial score (nSPS) is 39.2. The van der Waals surface area contributed by atoms with Crippen LogP contribution in [-0.4, -0.2) is 24.8 Å². The number of halogens is 2. The summed E-state index contributed by atoms with van der Waals surface area (Å²) in [5.41, 5.74) is -0.454. The van der Waals surface area contributed by atoms with Gasteiger partial charge in [0, 0.05) is 6.54 Å². The van der Waals surface area contributed by atoms with Gasteiger partial charge >= 0.3 is 0 Å². The molecule has 1 atom stereocenters. The van der Waals surface area contributed by atoms with Crippen LogP contribution >= 0.6 is 0 Å². The summed E-state index contributed by atoms with van der Waals surface area (Å²) in [6.07, 6.45) is 1.12. The van der Waals surface area contributed by atoms with Crippen molar-refractivity contribution in [2.45, 2.75) is 64.2 Å². The van der Waals surface area contributed by atoms with Crippen LogP contribution in [0.4, 0.5) is 8.78 Å². The van der Waals surface area contributed by atoms with Crippen LogP contribution in [-0.2, 0) is 4.74 Å². The van der Waals surface area contributed by atoms with Gasteiger partial charge in [0.15, 0.2) is 0 Å². The van der Waals surface area contributed by atoms with E-state index in [1.807, 2.05) is 0 Å². The van der Waals surface area contributed by atoms with Crippen molar-refractivity contribution in [2.24, 2.45) is 11.8 Å². The lowest BCUT2D eigenvalue weighted by Crippen LogP contribution is -2.57. The minimum Gasteiger partial charge on any atom is -0.351 e. The molecule has 0 bridgehead atoms. The molecule has 100 valence electrons. The summed E-state index contributed by atoms with van der Waals surface area (Å²) in [7, 11) is 0. The Kier molecular flexibility index (Phi) is 4.03. The highest BCUT2D eigenvalue weighted by molar-refractivity contribution is 4.90. The van der Waals surface area contributed by atoms with Crippen LogP contribution in [0.15, 0.2) is 0 Å². The Morgan fingerprint density at radius 1 is 1.18 bits per heavy atom. The summed E-state index contributed by atoms with van der Waals surface area (Å²) in [5.74, 6) is 1.40. The van der Waals surface area contributed by atoms with Crippen molar-refractivity contribution in [1.82, 2.24) is 5.32 Å². The zero-order valence-corrected chi connectivity index (χ0v) is 10.7. The maximum absolute atomic E-state index is 12.7. The van der Waals surface area contributed by atoms with Crippen LogP contribution in [0.2, 0.25) is 0 Å². The summed E-state index contributed by atoms with van der Waals surface area (Å²) in [6, 6.07) is 0. The molecule has 1 saturated carbocycles. The minimum absolute atomic E-state index is 0.424. The molecule has 1 aliphatic heterocycles. The fourth-order valence-corrected chi connectivity index (χ4v) is 3.08. The second kappa shape index (κ2) is 5.19. The fraction of sp³-hybridized carbons (Fsp3) is 1.00. The Bertz CT molecular complexity index is 250. The van der Waals surface area contributed by atoms with E-state index in [4.69, 9.17) is 4.74 Å². The summed E-state index contributed by atoms with van der Waals surface area (Å²) in [5, 5.41) is 3.32. The molecule has 0 aromatic heterocycles. The molecular weight excluding hydrogens is 224 g/mol. The van der Waals surface area contributed by atoms with Crippen LogP contribution in [0.25, 0.3) is 0 Å². The first kappa shape index (κ1) is 13.2. The molecule has 17 heavy (non-hydrogen) atoms. The molecular formula is C13H23F2NO. The van der Waals surface area contributed by atoms with Gasteiger partial charge in [-0.2, -0.15) is 0 Å². The lowest BCUT2D eigenvalue weighted by molar-refractivity contribution is -0.200. The summed E-state index contributed by atoms with van der Waals surface area (Å²) < 4.78 is 31.1. The average Bonchev–Trinajstić information content (AvgIpc) is 2.29. The molecule has 4 heteroatoms. The second-order valence-electron chi connectivity index (χ2n) is 5.78. The molecule has 0 aromatic rings. The maximum Gasteiger partial charge on any atom is 0.264 e. The second-order valence-corrected chi connectivity index (χ2v) is 5.78. The number of nitrogens with one attached hydrogen (secondary N) is 1. The van der Waals surface area contributed by atoms with E-state index in [0.29, 0.717) is 18.9 Å². The summed E-state index contributed by atoms with van der Waals surface area (Å²) in [6.45, 7) is 5.13. The number of hydrogen-bond donors (Lipinski definition) is 1. The number of hydrogen-bond acceptors (Lipinski definition) is 2. The molecule has 2 fully saturated rings. The molecule has 2 aliphatic rings. The molecule has 1 N–H and O–H groups in total. The van der Waals surface area contributed by atoms with E-state index in [9.17, 15) is 8.78 Å². The number of alkyl halides is 2. The van der Waals surface area contributed by atoms with Crippen molar-refractivity contribution in [1.29, 1.82) is 0 Å². The average molecular weight is 247 g/mol. The van der Waals surface area contributed by atoms with Crippen LogP contribution in [0.1, 0.15) is 46.0 Å². The predicted octanol–water partition coefficient (Wildman–Crippen LogP) is 3.17. The third kappa shape index (κ3) is 2.97. The van der Waals surface area contributed by atoms with Crippen molar-refractivity contribution in [2.75, 3.05) is 6.54 Å². The van der Waals surface area contributed by atoms with Crippen molar-refractivity contribution in [3.8, 4) is 0 Å². The highest BCUT2D eigenvalue weighted by Crippen LogP contribution is 2.39. The summed E-state index contributed by atoms with van der Waals surface area (Å²) in [4.78, 5) is 0. The first-order chi connectivity index (χ1) is 8.02. The molecule has 2 nitrogen and oxygen atoms in total. The van der Waals surface area contributed by atoms with E-state index in [-0.39, 0.29) is 0 Å². The standard InChI is InChI=1S/C13H23F2NO/c1-9(2)10-3-6-13(7-4-10)16-8-5-11(17-13)12(14)15/h9-12,16H,3-8H2,1-2H3. The highest BCUT2D eigenvalue weighted by Gasteiger charge is 2.42. The molecule has 0 amide bonds. The van der Waals surface area contributed by atoms with Gasteiger partial charge in [0.1, 0.15) is 11.8 Å². The Balaban J connectivity index is 1.93. The van der Waals surface area contributed by atoms with Gasteiger partial charge in [0.25, 0.3) is 6.43 Å². The van der Waals surface area contributed by atoms with Gasteiger partial charge in [0.05, 0.1) is 0 Å². The van der Waals surface area contributed by atoms with Crippen LogP contribution in [0.3, 0.4) is 0 Å². The van der Waals surface area contributed by atoms with Gasteiger partial charge in [-0.1, -0.05) is 13.8 Å². The van der Waals surface area contributed by atoms with E-state index in [1.54, 1.807) is 0 Å². The first-order valence-electron chi connectivity index (χ1n) is 6.73. The Morgan fingerprint density at radius 2 is 1.82 bits per heavy atom. The lowest BCUT2D eigenvalue weighted by atomic mass is 9.77. The largest absolute Gasteiger partial charge is 0.351 e. The fourth-order valence-electron chi connectivity index (χ4n) is 3.08. The molecule has 1 unspecified atom stereocenters. The molecule has 1 spiro atoms. The van der Waals surface area contributed by atoms with Crippen molar-refractivity contribution >= 4 is 0 Å². The van der Waals surface area contributed by atoms with Crippen molar-refractivity contribution in [3.63, 3.8) is 0 Å². The Hall–Kier alpha value is -0.220. The van der Waals surface area contributed by atoms with Crippen molar-refractivity contribution in [3.05, 3.63) is 0 Å². The molecule has 2 rings (SSSR count). The summed E-state index contributed by atoms with van der Waals surface area (Å²) >= 11 is 0. The Morgan fingerprint density at radius 3 is 2.35 bits per heavy atom. The van der Waals surface area contributed by atoms with Gasteiger partial charge < -0.3 is 4.74 Å². The highest BCUT2D eigenvalue weighted by atomic mass is 19.3. The zero-order chi connectivity index (χ0) is 12.5. The van der Waals surface area contributed by atoms with E-state index in [2.05, 4.69) is 19.2 Å². The van der Waals surface area contributed by atoms with Gasteiger partial charge in [-0.15, -0.1) is 0 Å². The van der Waals surface area contributed by atoms with E-state index < -0.39 is 18.3 Å². The third-order valence-corrected chi connectivity index (χ3v) is 4.31. The number of rotatable bonds is 2. The van der Waals surface area contributed by atoms with Gasteiger partial charge in [0.2, 0.25) is 0 Å². The monoisotopic (exact) mass is 247 g/mol. The minimum atomic E-state index is -2.35. The molecule has 0 radical (unpaired) electrons. The topological polar surface area (TPSA) is 21.3 Å². The van der Waals surface area contributed by atoms with Gasteiger partial charge in [-0.05, 0) is 43.9 Å². The van der Waals surface area contributed by atoms with Crippen LogP contribution < -0.4 is 5.32 Å². The molecule has 1 aliphatic carbocycles. The molecule has 1 heterocycles. The van der Waals surface area contributed by atoms with Crippen LogP contribution in [0, 0.1) is 11.8 Å². The third-order valence-electron chi connectivity index (χ3n) is 4.31. The lowest BCUT2D eigenvalue weighted by Gasteiger charge is -2.46. The first-order valence-corrected chi connectivity index (χ1v) is 6.73. The van der Waals surface area contributed by atoms with Gasteiger partial charge in [-0.25, -0.2) is 8.78 Å². The molecule has 1 saturated heterocycles. The molecule has 0 aromatic carbocycles. The number of ether oxygens (including phenoxy) is 1. The van der Waals surface area contributed by atoms with E-state index >= 15 is 0 Å². The maximum atomic E-state index is 12.7. The van der Waals surface area contributed by atoms with Crippen LogP contribution in [0.5, 0.6) is 0 Å². The smallest absolute Gasteiger partial charge is 0.264 e. The predicted molar refractivity (Wildman–Crippen MR) is 63.0 cm³/mol. The zero-order valence-electron chi connectivity index (χ0n) is 10.7. The van der Waals surface area contributed by atoms with Gasteiger partial charge in [-0.3, -0.25) is 5.32 Å². The van der Waals surface area contributed by atoms with E-state index in [1.165, 1.54) is 0 Å². The Labute approximate surface area is 102 Å².